The molecule has 1 heterocycles. The van der Waals surface area contributed by atoms with Crippen LogP contribution in [-0.2, 0) is 4.79 Å². The van der Waals surface area contributed by atoms with Gasteiger partial charge in [-0.2, -0.15) is 0 Å². The molecule has 2 rings (SSSR count). The minimum Gasteiger partial charge on any atom is -0.369 e. The monoisotopic (exact) mass is 247 g/mol. The van der Waals surface area contributed by atoms with Crippen LogP contribution in [0, 0.1) is 0 Å². The Labute approximate surface area is 104 Å². The van der Waals surface area contributed by atoms with Crippen molar-refractivity contribution in [3.8, 4) is 5.69 Å². The van der Waals surface area contributed by atoms with Crippen LogP contribution in [0.3, 0.4) is 0 Å². The number of benzene rings is 1. The molecule has 0 bridgehead atoms. The van der Waals surface area contributed by atoms with Gasteiger partial charge in [-0.3, -0.25) is 9.36 Å². The molecule has 0 fully saturated rings. The molecule has 0 saturated heterocycles. The number of rotatable bonds is 4. The first-order chi connectivity index (χ1) is 8.18. The fourth-order valence-electron chi connectivity index (χ4n) is 1.38. The van der Waals surface area contributed by atoms with Crippen molar-refractivity contribution in [2.24, 2.45) is 5.73 Å². The van der Waals surface area contributed by atoms with Crippen LogP contribution in [0.5, 0.6) is 0 Å². The van der Waals surface area contributed by atoms with E-state index in [0.29, 0.717) is 0 Å². The van der Waals surface area contributed by atoms with Gasteiger partial charge in [0.15, 0.2) is 5.16 Å². The van der Waals surface area contributed by atoms with E-state index in [1.54, 1.807) is 13.1 Å². The maximum atomic E-state index is 11.0. The van der Waals surface area contributed by atoms with Crippen molar-refractivity contribution in [2.45, 2.75) is 17.3 Å². The Morgan fingerprint density at radius 3 is 2.76 bits per heavy atom. The number of nitrogens with zero attached hydrogens (tertiary/aromatic N) is 2. The summed E-state index contributed by atoms with van der Waals surface area (Å²) in [6.45, 7) is 1.77. The van der Waals surface area contributed by atoms with E-state index in [1.165, 1.54) is 11.8 Å². The van der Waals surface area contributed by atoms with Crippen molar-refractivity contribution >= 4 is 17.7 Å². The molecule has 0 saturated carbocycles. The van der Waals surface area contributed by atoms with E-state index < -0.39 is 0 Å². The second kappa shape index (κ2) is 5.05. The summed E-state index contributed by atoms with van der Waals surface area (Å²) in [4.78, 5) is 15.3. The van der Waals surface area contributed by atoms with Crippen molar-refractivity contribution in [1.82, 2.24) is 9.55 Å². The summed E-state index contributed by atoms with van der Waals surface area (Å²) in [7, 11) is 0. The average molecular weight is 247 g/mol. The fourth-order valence-corrected chi connectivity index (χ4v) is 2.21. The number of hydrogen-bond donors (Lipinski definition) is 1. The molecule has 4 nitrogen and oxygen atoms in total. The molecular formula is C12H13N3OS. The third-order valence-corrected chi connectivity index (χ3v) is 3.42. The first-order valence-electron chi connectivity index (χ1n) is 5.23. The van der Waals surface area contributed by atoms with Gasteiger partial charge >= 0.3 is 0 Å². The van der Waals surface area contributed by atoms with Crippen molar-refractivity contribution < 1.29 is 4.79 Å². The van der Waals surface area contributed by atoms with E-state index in [-0.39, 0.29) is 11.2 Å². The molecule has 1 aromatic heterocycles. The van der Waals surface area contributed by atoms with Crippen LogP contribution in [0.15, 0.2) is 47.9 Å². The van der Waals surface area contributed by atoms with Gasteiger partial charge in [0.2, 0.25) is 5.91 Å². The van der Waals surface area contributed by atoms with Gasteiger partial charge < -0.3 is 5.73 Å². The number of aromatic nitrogens is 2. The molecule has 1 atom stereocenters. The molecular weight excluding hydrogens is 234 g/mol. The Balaban J connectivity index is 2.26. The van der Waals surface area contributed by atoms with Crippen LogP contribution >= 0.6 is 11.8 Å². The minimum absolute atomic E-state index is 0.292. The number of para-hydroxylation sites is 1. The molecule has 0 radical (unpaired) electrons. The summed E-state index contributed by atoms with van der Waals surface area (Å²) in [6, 6.07) is 9.85. The zero-order chi connectivity index (χ0) is 12.3. The number of amides is 1. The van der Waals surface area contributed by atoms with Gasteiger partial charge in [-0.1, -0.05) is 30.0 Å². The Morgan fingerprint density at radius 2 is 2.12 bits per heavy atom. The zero-order valence-corrected chi connectivity index (χ0v) is 10.2. The number of imidazole rings is 1. The Hall–Kier alpha value is -1.75. The molecule has 17 heavy (non-hydrogen) atoms. The van der Waals surface area contributed by atoms with Gasteiger partial charge in [0, 0.05) is 18.1 Å². The second-order valence-electron chi connectivity index (χ2n) is 3.58. The molecule has 0 unspecified atom stereocenters. The molecule has 1 amide bonds. The standard InChI is InChI=1S/C12H13N3OS/c1-9(11(13)16)17-12-14-7-8-15(12)10-5-3-2-4-6-10/h2-9H,1H3,(H2,13,16)/t9-/m1/s1. The first kappa shape index (κ1) is 11.7. The van der Waals surface area contributed by atoms with E-state index in [2.05, 4.69) is 4.98 Å². The van der Waals surface area contributed by atoms with E-state index >= 15 is 0 Å². The highest BCUT2D eigenvalue weighted by Gasteiger charge is 2.14. The van der Waals surface area contributed by atoms with E-state index in [9.17, 15) is 4.79 Å². The summed E-state index contributed by atoms with van der Waals surface area (Å²) < 4.78 is 1.93. The lowest BCUT2D eigenvalue weighted by molar-refractivity contribution is -0.117. The van der Waals surface area contributed by atoms with E-state index in [0.717, 1.165) is 10.8 Å². The molecule has 88 valence electrons. The van der Waals surface area contributed by atoms with Gasteiger partial charge in [-0.05, 0) is 19.1 Å². The predicted octanol–water partition coefficient (Wildman–Crippen LogP) is 1.84. The van der Waals surface area contributed by atoms with Crippen molar-refractivity contribution in [3.63, 3.8) is 0 Å². The number of carbonyl (C=O) groups is 1. The van der Waals surface area contributed by atoms with Gasteiger partial charge in [-0.25, -0.2) is 4.98 Å². The molecule has 1 aromatic carbocycles. The van der Waals surface area contributed by atoms with Gasteiger partial charge in [0.25, 0.3) is 0 Å². The van der Waals surface area contributed by atoms with Gasteiger partial charge in [0.1, 0.15) is 0 Å². The van der Waals surface area contributed by atoms with E-state index in [4.69, 9.17) is 5.73 Å². The van der Waals surface area contributed by atoms with Crippen molar-refractivity contribution in [3.05, 3.63) is 42.7 Å². The lowest BCUT2D eigenvalue weighted by atomic mass is 10.3. The lowest BCUT2D eigenvalue weighted by Gasteiger charge is -2.09. The molecule has 0 aliphatic rings. The van der Waals surface area contributed by atoms with Crippen LogP contribution in [0.1, 0.15) is 6.92 Å². The smallest absolute Gasteiger partial charge is 0.230 e. The maximum Gasteiger partial charge on any atom is 0.230 e. The van der Waals surface area contributed by atoms with Gasteiger partial charge in [-0.15, -0.1) is 0 Å². The average Bonchev–Trinajstić information content (AvgIpc) is 2.78. The summed E-state index contributed by atoms with van der Waals surface area (Å²) in [6.07, 6.45) is 3.58. The van der Waals surface area contributed by atoms with Gasteiger partial charge in [0.05, 0.1) is 5.25 Å². The maximum absolute atomic E-state index is 11.0. The van der Waals surface area contributed by atoms with Crippen LogP contribution in [0.2, 0.25) is 0 Å². The van der Waals surface area contributed by atoms with Crippen LogP contribution < -0.4 is 5.73 Å². The largest absolute Gasteiger partial charge is 0.369 e. The molecule has 0 spiro atoms. The van der Waals surface area contributed by atoms with Crippen LogP contribution in [-0.4, -0.2) is 20.7 Å². The number of primary amides is 1. The molecule has 0 aliphatic heterocycles. The van der Waals surface area contributed by atoms with E-state index in [1.807, 2.05) is 41.1 Å². The quantitative estimate of drug-likeness (QED) is 0.839. The normalized spacial score (nSPS) is 12.3. The summed E-state index contributed by atoms with van der Waals surface area (Å²) in [5, 5.41) is 0.474. The SMILES string of the molecule is C[C@@H](Sc1nccn1-c1ccccc1)C(N)=O. The number of thioether (sulfide) groups is 1. The molecule has 5 heteroatoms. The summed E-state index contributed by atoms with van der Waals surface area (Å²) in [5.74, 6) is -0.336. The minimum atomic E-state index is -0.336. The predicted molar refractivity (Wildman–Crippen MR) is 68.1 cm³/mol. The topological polar surface area (TPSA) is 60.9 Å². The lowest BCUT2D eigenvalue weighted by Crippen LogP contribution is -2.22. The third kappa shape index (κ3) is 2.68. The zero-order valence-electron chi connectivity index (χ0n) is 9.41. The Bertz CT molecular complexity index is 509. The number of hydrogen-bond acceptors (Lipinski definition) is 3. The second-order valence-corrected chi connectivity index (χ2v) is 4.89. The molecule has 2 aromatic rings. The molecule has 2 N–H and O–H groups in total. The highest BCUT2D eigenvalue weighted by atomic mass is 32.2. The van der Waals surface area contributed by atoms with Crippen molar-refractivity contribution in [2.75, 3.05) is 0 Å². The summed E-state index contributed by atoms with van der Waals surface area (Å²) >= 11 is 1.36. The van der Waals surface area contributed by atoms with Crippen molar-refractivity contribution in [1.29, 1.82) is 0 Å². The highest BCUT2D eigenvalue weighted by molar-refractivity contribution is 8.00. The van der Waals surface area contributed by atoms with Crippen LogP contribution in [0.4, 0.5) is 0 Å². The fraction of sp³-hybridized carbons (Fsp3) is 0.167. The van der Waals surface area contributed by atoms with Crippen LogP contribution in [0.25, 0.3) is 5.69 Å². The Kier molecular flexibility index (Phi) is 3.49. The highest BCUT2D eigenvalue weighted by Crippen LogP contribution is 2.23. The third-order valence-electron chi connectivity index (χ3n) is 2.32. The Morgan fingerprint density at radius 1 is 1.41 bits per heavy atom. The summed E-state index contributed by atoms with van der Waals surface area (Å²) in [5.41, 5.74) is 6.26. The number of nitrogens with two attached hydrogens (primary N) is 1. The number of carbonyl (C=O) groups excluding carboxylic acids is 1. The first-order valence-corrected chi connectivity index (χ1v) is 6.11. The molecule has 0 aliphatic carbocycles.